The lowest BCUT2D eigenvalue weighted by Crippen LogP contribution is -2.51. The van der Waals surface area contributed by atoms with Gasteiger partial charge in [-0.3, -0.25) is 0 Å². The maximum atomic E-state index is 6.10. The first-order valence-electron chi connectivity index (χ1n) is 7.42. The Bertz CT molecular complexity index is 425. The highest BCUT2D eigenvalue weighted by atomic mass is 35.5. The Balaban J connectivity index is 1.74. The van der Waals surface area contributed by atoms with Crippen molar-refractivity contribution in [3.63, 3.8) is 0 Å². The molecule has 0 bridgehead atoms. The van der Waals surface area contributed by atoms with Gasteiger partial charge in [-0.1, -0.05) is 30.2 Å². The molecule has 2 fully saturated rings. The van der Waals surface area contributed by atoms with Crippen molar-refractivity contribution in [3.05, 3.63) is 34.9 Å². The molecule has 1 saturated carbocycles. The molecule has 1 saturated heterocycles. The summed E-state index contributed by atoms with van der Waals surface area (Å²) in [5.74, 6) is 0. The first kappa shape index (κ1) is 13.4. The van der Waals surface area contributed by atoms with Gasteiger partial charge in [-0.2, -0.15) is 0 Å². The molecule has 2 aliphatic rings. The highest BCUT2D eigenvalue weighted by Crippen LogP contribution is 2.44. The van der Waals surface area contributed by atoms with E-state index in [0.717, 1.165) is 11.6 Å². The zero-order valence-corrected chi connectivity index (χ0v) is 12.2. The minimum Gasteiger partial charge on any atom is -0.327 e. The third kappa shape index (κ3) is 2.81. The van der Waals surface area contributed by atoms with Crippen molar-refractivity contribution in [1.29, 1.82) is 0 Å². The summed E-state index contributed by atoms with van der Waals surface area (Å²) in [4.78, 5) is 2.57. The molecule has 1 aromatic rings. The fourth-order valence-electron chi connectivity index (χ4n) is 3.61. The second kappa shape index (κ2) is 5.43. The van der Waals surface area contributed by atoms with Crippen LogP contribution in [0.1, 0.15) is 37.7 Å². The topological polar surface area (TPSA) is 29.3 Å². The molecule has 1 aliphatic heterocycles. The lowest BCUT2D eigenvalue weighted by molar-refractivity contribution is 0.115. The Kier molecular flexibility index (Phi) is 3.84. The van der Waals surface area contributed by atoms with Crippen LogP contribution in [0.5, 0.6) is 0 Å². The number of nitrogens with zero attached hydrogens (tertiary/aromatic N) is 1. The Morgan fingerprint density at radius 1 is 1.21 bits per heavy atom. The highest BCUT2D eigenvalue weighted by Gasteiger charge is 2.40. The van der Waals surface area contributed by atoms with Gasteiger partial charge in [0.05, 0.1) is 0 Å². The van der Waals surface area contributed by atoms with E-state index in [1.165, 1.54) is 50.8 Å². The summed E-state index contributed by atoms with van der Waals surface area (Å²) in [7, 11) is 0. The number of benzene rings is 1. The van der Waals surface area contributed by atoms with E-state index in [1.54, 1.807) is 0 Å². The van der Waals surface area contributed by atoms with Gasteiger partial charge in [0.15, 0.2) is 0 Å². The highest BCUT2D eigenvalue weighted by molar-refractivity contribution is 6.30. The molecule has 104 valence electrons. The van der Waals surface area contributed by atoms with Crippen LogP contribution in [0.3, 0.4) is 0 Å². The summed E-state index contributed by atoms with van der Waals surface area (Å²) in [6, 6.07) is 8.85. The monoisotopic (exact) mass is 278 g/mol. The summed E-state index contributed by atoms with van der Waals surface area (Å²) < 4.78 is 0. The molecule has 3 rings (SSSR count). The number of rotatable bonds is 3. The minimum atomic E-state index is 0.363. The lowest BCUT2D eigenvalue weighted by atomic mass is 9.64. The molecule has 19 heavy (non-hydrogen) atoms. The summed E-state index contributed by atoms with van der Waals surface area (Å²) in [6.07, 6.45) is 6.39. The number of hydrogen-bond acceptors (Lipinski definition) is 2. The number of halogens is 1. The molecular formula is C16H23ClN2. The van der Waals surface area contributed by atoms with Crippen LogP contribution in [0.15, 0.2) is 24.3 Å². The Hall–Kier alpha value is -0.570. The third-order valence-corrected chi connectivity index (χ3v) is 5.09. The first-order valence-corrected chi connectivity index (χ1v) is 7.80. The van der Waals surface area contributed by atoms with Gasteiger partial charge in [0.1, 0.15) is 0 Å². The zero-order valence-electron chi connectivity index (χ0n) is 11.4. The number of piperidine rings is 1. The molecule has 1 atom stereocenters. The number of likely N-dealkylation sites (tertiary alicyclic amines) is 1. The molecule has 3 heteroatoms. The predicted octanol–water partition coefficient (Wildman–Crippen LogP) is 3.18. The Labute approximate surface area is 120 Å². The van der Waals surface area contributed by atoms with Crippen LogP contribution in [0, 0.1) is 0 Å². The molecule has 0 unspecified atom stereocenters. The summed E-state index contributed by atoms with van der Waals surface area (Å²) in [6.45, 7) is 3.45. The van der Waals surface area contributed by atoms with Crippen molar-refractivity contribution in [3.8, 4) is 0 Å². The standard InChI is InChI=1S/C16H23ClN2/c17-14-6-4-13(5-7-14)16(8-2-9-16)12-19-10-1-3-15(18)11-19/h4-7,15H,1-3,8-12,18H2/t15-/m0/s1. The lowest BCUT2D eigenvalue weighted by Gasteiger charge is -2.47. The first-order chi connectivity index (χ1) is 9.18. The molecular weight excluding hydrogens is 256 g/mol. The minimum absolute atomic E-state index is 0.363. The molecule has 0 radical (unpaired) electrons. The number of nitrogens with two attached hydrogens (primary N) is 1. The van der Waals surface area contributed by atoms with E-state index in [-0.39, 0.29) is 0 Å². The van der Waals surface area contributed by atoms with E-state index >= 15 is 0 Å². The van der Waals surface area contributed by atoms with Crippen molar-refractivity contribution in [2.75, 3.05) is 19.6 Å². The van der Waals surface area contributed by atoms with Gasteiger partial charge in [0.2, 0.25) is 0 Å². The van der Waals surface area contributed by atoms with E-state index in [0.29, 0.717) is 11.5 Å². The van der Waals surface area contributed by atoms with Crippen LogP contribution in [0.4, 0.5) is 0 Å². The van der Waals surface area contributed by atoms with E-state index in [2.05, 4.69) is 17.0 Å². The average Bonchev–Trinajstić information content (AvgIpc) is 2.35. The molecule has 1 aromatic carbocycles. The maximum absolute atomic E-state index is 6.10. The van der Waals surface area contributed by atoms with Gasteiger partial charge < -0.3 is 10.6 Å². The second-order valence-corrected chi connectivity index (χ2v) is 6.71. The largest absolute Gasteiger partial charge is 0.327 e. The van der Waals surface area contributed by atoms with Crippen LogP contribution in [-0.4, -0.2) is 30.6 Å². The molecule has 0 spiro atoms. The zero-order chi connectivity index (χ0) is 13.3. The summed E-state index contributed by atoms with van der Waals surface area (Å²) in [5.41, 5.74) is 7.93. The Morgan fingerprint density at radius 3 is 2.53 bits per heavy atom. The fraction of sp³-hybridized carbons (Fsp3) is 0.625. The van der Waals surface area contributed by atoms with Gasteiger partial charge in [0, 0.05) is 29.6 Å². The maximum Gasteiger partial charge on any atom is 0.0406 e. The van der Waals surface area contributed by atoms with Crippen molar-refractivity contribution in [2.24, 2.45) is 5.73 Å². The van der Waals surface area contributed by atoms with Crippen LogP contribution in [0.25, 0.3) is 0 Å². The molecule has 1 heterocycles. The van der Waals surface area contributed by atoms with Crippen LogP contribution in [-0.2, 0) is 5.41 Å². The fourth-order valence-corrected chi connectivity index (χ4v) is 3.73. The normalized spacial score (nSPS) is 26.9. The quantitative estimate of drug-likeness (QED) is 0.920. The van der Waals surface area contributed by atoms with Gasteiger partial charge in [0.25, 0.3) is 0 Å². The predicted molar refractivity (Wildman–Crippen MR) is 80.6 cm³/mol. The van der Waals surface area contributed by atoms with E-state index in [9.17, 15) is 0 Å². The molecule has 2 nitrogen and oxygen atoms in total. The van der Waals surface area contributed by atoms with E-state index in [4.69, 9.17) is 17.3 Å². The van der Waals surface area contributed by atoms with Crippen LogP contribution in [0.2, 0.25) is 5.02 Å². The van der Waals surface area contributed by atoms with Gasteiger partial charge in [-0.25, -0.2) is 0 Å². The summed E-state index contributed by atoms with van der Waals surface area (Å²) in [5, 5.41) is 0.832. The van der Waals surface area contributed by atoms with Crippen molar-refractivity contribution in [1.82, 2.24) is 4.90 Å². The van der Waals surface area contributed by atoms with Gasteiger partial charge >= 0.3 is 0 Å². The van der Waals surface area contributed by atoms with Gasteiger partial charge in [-0.05, 0) is 49.9 Å². The molecule has 2 N–H and O–H groups in total. The van der Waals surface area contributed by atoms with Crippen LogP contribution < -0.4 is 5.73 Å². The average molecular weight is 279 g/mol. The Morgan fingerprint density at radius 2 is 1.95 bits per heavy atom. The van der Waals surface area contributed by atoms with Gasteiger partial charge in [-0.15, -0.1) is 0 Å². The third-order valence-electron chi connectivity index (χ3n) is 4.84. The molecule has 0 aromatic heterocycles. The smallest absolute Gasteiger partial charge is 0.0406 e. The van der Waals surface area contributed by atoms with E-state index < -0.39 is 0 Å². The number of hydrogen-bond donors (Lipinski definition) is 1. The van der Waals surface area contributed by atoms with Crippen molar-refractivity contribution < 1.29 is 0 Å². The van der Waals surface area contributed by atoms with Crippen molar-refractivity contribution in [2.45, 2.75) is 43.6 Å². The van der Waals surface area contributed by atoms with Crippen molar-refractivity contribution >= 4 is 11.6 Å². The molecule has 1 aliphatic carbocycles. The summed E-state index contributed by atoms with van der Waals surface area (Å²) >= 11 is 6.01. The second-order valence-electron chi connectivity index (χ2n) is 6.28. The SMILES string of the molecule is N[C@H]1CCCN(CC2(c3ccc(Cl)cc3)CCC2)C1. The van der Waals surface area contributed by atoms with Crippen LogP contribution >= 0.6 is 11.6 Å². The van der Waals surface area contributed by atoms with E-state index in [1.807, 2.05) is 12.1 Å². The molecule has 0 amide bonds.